The summed E-state index contributed by atoms with van der Waals surface area (Å²) in [6.45, 7) is 4.73. The molecule has 0 unspecified atom stereocenters. The summed E-state index contributed by atoms with van der Waals surface area (Å²) in [7, 11) is 0. The molecule has 20 heavy (non-hydrogen) atoms. The van der Waals surface area contributed by atoms with Gasteiger partial charge in [-0.3, -0.25) is 4.79 Å². The number of rotatable bonds is 4. The highest BCUT2D eigenvalue weighted by Gasteiger charge is 2.38. The highest BCUT2D eigenvalue weighted by molar-refractivity contribution is 5.82. The van der Waals surface area contributed by atoms with Crippen molar-refractivity contribution in [2.75, 3.05) is 0 Å². The molecule has 1 fully saturated rings. The Balaban J connectivity index is 1.63. The van der Waals surface area contributed by atoms with E-state index in [1.807, 2.05) is 0 Å². The van der Waals surface area contributed by atoms with Gasteiger partial charge in [-0.2, -0.15) is 0 Å². The Kier molecular flexibility index (Phi) is 3.79. The van der Waals surface area contributed by atoms with Crippen molar-refractivity contribution in [2.45, 2.75) is 58.7 Å². The Morgan fingerprint density at radius 3 is 2.75 bits per heavy atom. The first-order valence-electron chi connectivity index (χ1n) is 7.83. The van der Waals surface area contributed by atoms with Crippen LogP contribution >= 0.6 is 0 Å². The lowest BCUT2D eigenvalue weighted by Gasteiger charge is -2.26. The maximum Gasteiger partial charge on any atom is 0.226 e. The molecule has 1 heterocycles. The maximum atomic E-state index is 12.5. The first-order valence-corrected chi connectivity index (χ1v) is 7.83. The predicted octanol–water partition coefficient (Wildman–Crippen LogP) is 2.88. The van der Waals surface area contributed by atoms with Gasteiger partial charge in [0.2, 0.25) is 5.91 Å². The van der Waals surface area contributed by atoms with E-state index in [0.29, 0.717) is 6.54 Å². The van der Waals surface area contributed by atoms with Crippen molar-refractivity contribution in [2.24, 2.45) is 5.41 Å². The molecule has 1 aromatic carbocycles. The van der Waals surface area contributed by atoms with E-state index in [2.05, 4.69) is 35.8 Å². The fraction of sp³-hybridized carbons (Fsp3) is 0.588. The number of hydrogen-bond donors (Lipinski definition) is 2. The Labute approximate surface area is 121 Å². The minimum Gasteiger partial charge on any atom is -0.352 e. The van der Waals surface area contributed by atoms with Gasteiger partial charge in [0.25, 0.3) is 0 Å². The van der Waals surface area contributed by atoms with Gasteiger partial charge >= 0.3 is 0 Å². The third-order valence-electron chi connectivity index (χ3n) is 5.07. The lowest BCUT2D eigenvalue weighted by Crippen LogP contribution is -2.38. The molecule has 1 aliphatic heterocycles. The molecule has 1 amide bonds. The second-order valence-corrected chi connectivity index (χ2v) is 6.23. The van der Waals surface area contributed by atoms with Gasteiger partial charge in [0, 0.05) is 25.0 Å². The van der Waals surface area contributed by atoms with E-state index in [1.54, 1.807) is 0 Å². The average molecular weight is 272 g/mol. The molecule has 2 aliphatic rings. The van der Waals surface area contributed by atoms with Crippen molar-refractivity contribution >= 4 is 5.91 Å². The molecule has 0 aromatic heterocycles. The van der Waals surface area contributed by atoms with E-state index >= 15 is 0 Å². The Morgan fingerprint density at radius 2 is 2.00 bits per heavy atom. The van der Waals surface area contributed by atoms with Crippen molar-refractivity contribution in [3.05, 3.63) is 34.9 Å². The summed E-state index contributed by atoms with van der Waals surface area (Å²) in [5.74, 6) is 0.260. The first-order chi connectivity index (χ1) is 9.73. The van der Waals surface area contributed by atoms with Crippen LogP contribution in [0, 0.1) is 5.41 Å². The third kappa shape index (κ3) is 2.47. The van der Waals surface area contributed by atoms with E-state index in [0.717, 1.165) is 32.4 Å². The van der Waals surface area contributed by atoms with Crippen LogP contribution in [-0.2, 0) is 24.4 Å². The number of hydrogen-bond acceptors (Lipinski definition) is 2. The molecule has 0 atom stereocenters. The van der Waals surface area contributed by atoms with Gasteiger partial charge in [0.05, 0.1) is 0 Å². The van der Waals surface area contributed by atoms with Gasteiger partial charge < -0.3 is 10.6 Å². The summed E-state index contributed by atoms with van der Waals surface area (Å²) in [5, 5.41) is 6.52. The van der Waals surface area contributed by atoms with Crippen LogP contribution in [0.15, 0.2) is 18.2 Å². The summed E-state index contributed by atoms with van der Waals surface area (Å²) in [6, 6.07) is 6.55. The highest BCUT2D eigenvalue weighted by atomic mass is 16.2. The van der Waals surface area contributed by atoms with E-state index < -0.39 is 0 Å². The smallest absolute Gasteiger partial charge is 0.226 e. The van der Waals surface area contributed by atoms with Crippen molar-refractivity contribution in [1.29, 1.82) is 0 Å². The van der Waals surface area contributed by atoms with Crippen molar-refractivity contribution < 1.29 is 4.79 Å². The number of carbonyl (C=O) groups is 1. The van der Waals surface area contributed by atoms with Crippen LogP contribution in [0.1, 0.15) is 55.7 Å². The Hall–Kier alpha value is -1.35. The van der Waals surface area contributed by atoms with Gasteiger partial charge in [-0.15, -0.1) is 0 Å². The van der Waals surface area contributed by atoms with Crippen LogP contribution in [0.5, 0.6) is 0 Å². The second kappa shape index (κ2) is 5.57. The van der Waals surface area contributed by atoms with E-state index in [-0.39, 0.29) is 11.3 Å². The third-order valence-corrected chi connectivity index (χ3v) is 5.07. The van der Waals surface area contributed by atoms with Crippen molar-refractivity contribution in [3.63, 3.8) is 0 Å². The van der Waals surface area contributed by atoms with Gasteiger partial charge in [-0.25, -0.2) is 0 Å². The first kappa shape index (κ1) is 13.6. The largest absolute Gasteiger partial charge is 0.352 e. The fourth-order valence-corrected chi connectivity index (χ4v) is 3.62. The molecule has 1 saturated carbocycles. The molecule has 1 aliphatic carbocycles. The van der Waals surface area contributed by atoms with Crippen LogP contribution in [0.25, 0.3) is 0 Å². The lowest BCUT2D eigenvalue weighted by molar-refractivity contribution is -0.131. The highest BCUT2D eigenvalue weighted by Crippen LogP contribution is 2.41. The number of nitrogens with one attached hydrogen (secondary N) is 2. The molecule has 3 rings (SSSR count). The monoisotopic (exact) mass is 272 g/mol. The van der Waals surface area contributed by atoms with Crippen LogP contribution in [-0.4, -0.2) is 5.91 Å². The standard InChI is InChI=1S/C17H24N2O/c1-2-17(7-3-4-8-17)16(20)19-10-13-5-6-14-11-18-12-15(14)9-13/h5-6,9,18H,2-4,7-8,10-12H2,1H3,(H,19,20). The number of fused-ring (bicyclic) bond motifs is 1. The van der Waals surface area contributed by atoms with Crippen LogP contribution in [0.4, 0.5) is 0 Å². The number of benzene rings is 1. The minimum atomic E-state index is -0.0850. The van der Waals surface area contributed by atoms with Crippen LogP contribution in [0.3, 0.4) is 0 Å². The summed E-state index contributed by atoms with van der Waals surface area (Å²) < 4.78 is 0. The van der Waals surface area contributed by atoms with Gasteiger partial charge in [-0.05, 0) is 36.0 Å². The van der Waals surface area contributed by atoms with E-state index in [4.69, 9.17) is 0 Å². The normalized spacial score (nSPS) is 19.9. The molecule has 0 radical (unpaired) electrons. The quantitative estimate of drug-likeness (QED) is 0.885. The zero-order valence-electron chi connectivity index (χ0n) is 12.3. The second-order valence-electron chi connectivity index (χ2n) is 6.23. The molecule has 0 bridgehead atoms. The Bertz CT molecular complexity index is 504. The fourth-order valence-electron chi connectivity index (χ4n) is 3.62. The summed E-state index contributed by atoms with van der Waals surface area (Å²) >= 11 is 0. The summed E-state index contributed by atoms with van der Waals surface area (Å²) in [6.07, 6.45) is 5.48. The van der Waals surface area contributed by atoms with Crippen LogP contribution in [0.2, 0.25) is 0 Å². The molecule has 1 aromatic rings. The molecule has 108 valence electrons. The predicted molar refractivity (Wildman–Crippen MR) is 80.0 cm³/mol. The van der Waals surface area contributed by atoms with Gasteiger partial charge in [0.15, 0.2) is 0 Å². The molecular weight excluding hydrogens is 248 g/mol. The molecule has 2 N–H and O–H groups in total. The molecule has 3 heteroatoms. The zero-order valence-corrected chi connectivity index (χ0v) is 12.3. The van der Waals surface area contributed by atoms with Gasteiger partial charge in [-0.1, -0.05) is 38.0 Å². The van der Waals surface area contributed by atoms with Gasteiger partial charge in [0.1, 0.15) is 0 Å². The lowest BCUT2D eigenvalue weighted by atomic mass is 9.82. The summed E-state index contributed by atoms with van der Waals surface area (Å²) in [4.78, 5) is 12.5. The molecule has 3 nitrogen and oxygen atoms in total. The summed E-state index contributed by atoms with van der Waals surface area (Å²) in [5.41, 5.74) is 3.90. The van der Waals surface area contributed by atoms with E-state index in [1.165, 1.54) is 29.5 Å². The van der Waals surface area contributed by atoms with Crippen molar-refractivity contribution in [3.8, 4) is 0 Å². The topological polar surface area (TPSA) is 41.1 Å². The van der Waals surface area contributed by atoms with Crippen LogP contribution < -0.4 is 10.6 Å². The molecular formula is C17H24N2O. The van der Waals surface area contributed by atoms with Crippen molar-refractivity contribution in [1.82, 2.24) is 10.6 Å². The molecule has 0 saturated heterocycles. The van der Waals surface area contributed by atoms with E-state index in [9.17, 15) is 4.79 Å². The zero-order chi connectivity index (χ0) is 14.0. The Morgan fingerprint density at radius 1 is 1.25 bits per heavy atom. The average Bonchev–Trinajstić information content (AvgIpc) is 3.13. The SMILES string of the molecule is CCC1(C(=O)NCc2ccc3c(c2)CNC3)CCCC1. The maximum absolute atomic E-state index is 12.5. The number of carbonyl (C=O) groups excluding carboxylic acids is 1. The molecule has 0 spiro atoms. The number of amides is 1. The minimum absolute atomic E-state index is 0.0850.